The molecule has 0 unspecified atom stereocenters. The molecule has 0 spiro atoms. The van der Waals surface area contributed by atoms with Crippen LogP contribution in [0.3, 0.4) is 0 Å². The summed E-state index contributed by atoms with van der Waals surface area (Å²) < 4.78 is 0. The minimum atomic E-state index is -1.13. The summed E-state index contributed by atoms with van der Waals surface area (Å²) in [6, 6.07) is 10.1. The lowest BCUT2D eigenvalue weighted by atomic mass is 9.96. The molecule has 3 fully saturated rings. The van der Waals surface area contributed by atoms with Crippen molar-refractivity contribution >= 4 is 17.7 Å². The molecule has 1 saturated carbocycles. The topological polar surface area (TPSA) is 106 Å². The van der Waals surface area contributed by atoms with Crippen molar-refractivity contribution in [3.63, 3.8) is 0 Å². The molecule has 1 aromatic carbocycles. The molecule has 0 aromatic heterocycles. The van der Waals surface area contributed by atoms with Gasteiger partial charge >= 0.3 is 6.09 Å². The summed E-state index contributed by atoms with van der Waals surface area (Å²) in [6.45, 7) is 0.828. The fourth-order valence-electron chi connectivity index (χ4n) is 4.62. The summed E-state index contributed by atoms with van der Waals surface area (Å²) in [4.78, 5) is 33.1. The van der Waals surface area contributed by atoms with Gasteiger partial charge in [0.05, 0.1) is 17.8 Å². The van der Waals surface area contributed by atoms with Gasteiger partial charge in [-0.05, 0) is 37.2 Å². The van der Waals surface area contributed by atoms with Crippen LogP contribution in [-0.4, -0.2) is 57.3 Å². The zero-order valence-electron chi connectivity index (χ0n) is 15.4. The molecule has 4 rings (SSSR count). The van der Waals surface area contributed by atoms with Crippen LogP contribution in [-0.2, 0) is 16.2 Å². The van der Waals surface area contributed by atoms with Crippen LogP contribution in [0, 0.1) is 17.2 Å². The minimum Gasteiger partial charge on any atom is -0.465 e. The first-order valence-electron chi connectivity index (χ1n) is 9.54. The SMILES string of the molecule is N#C[C@@H]1CCCN1C(=O)[C@@H]1[C@@H]2C/C(=N\OCc3ccccc3)[C@@H](C2)N1C(=O)O. The molecule has 1 aromatic rings. The Labute approximate surface area is 163 Å². The van der Waals surface area contributed by atoms with Gasteiger partial charge in [-0.2, -0.15) is 5.26 Å². The third kappa shape index (κ3) is 3.17. The maximum atomic E-state index is 13.0. The molecule has 2 amide bonds. The third-order valence-electron chi connectivity index (χ3n) is 5.88. The first-order chi connectivity index (χ1) is 13.6. The van der Waals surface area contributed by atoms with E-state index in [4.69, 9.17) is 4.84 Å². The summed E-state index contributed by atoms with van der Waals surface area (Å²) in [5.74, 6) is -0.365. The molecule has 1 N–H and O–H groups in total. The number of amides is 2. The molecular formula is C20H22N4O4. The molecule has 146 valence electrons. The molecule has 8 nitrogen and oxygen atoms in total. The number of rotatable bonds is 4. The smallest absolute Gasteiger partial charge is 0.408 e. The average molecular weight is 382 g/mol. The monoisotopic (exact) mass is 382 g/mol. The van der Waals surface area contributed by atoms with Crippen molar-refractivity contribution in [2.24, 2.45) is 11.1 Å². The molecule has 2 saturated heterocycles. The quantitative estimate of drug-likeness (QED) is 0.804. The number of oxime groups is 1. The van der Waals surface area contributed by atoms with E-state index in [1.807, 2.05) is 30.3 Å². The molecule has 28 heavy (non-hydrogen) atoms. The van der Waals surface area contributed by atoms with Crippen molar-refractivity contribution < 1.29 is 19.5 Å². The highest BCUT2D eigenvalue weighted by Crippen LogP contribution is 2.42. The van der Waals surface area contributed by atoms with Gasteiger partial charge < -0.3 is 14.8 Å². The van der Waals surface area contributed by atoms with Crippen molar-refractivity contribution in [1.82, 2.24) is 9.80 Å². The van der Waals surface area contributed by atoms with Crippen molar-refractivity contribution in [2.75, 3.05) is 6.54 Å². The van der Waals surface area contributed by atoms with Gasteiger partial charge in [0.15, 0.2) is 0 Å². The van der Waals surface area contributed by atoms with Crippen LogP contribution in [0.4, 0.5) is 4.79 Å². The lowest BCUT2D eigenvalue weighted by molar-refractivity contribution is -0.137. The van der Waals surface area contributed by atoms with Crippen LogP contribution in [0.2, 0.25) is 0 Å². The van der Waals surface area contributed by atoms with Gasteiger partial charge in [0.25, 0.3) is 0 Å². The maximum Gasteiger partial charge on any atom is 0.408 e. The van der Waals surface area contributed by atoms with E-state index in [9.17, 15) is 20.0 Å². The molecule has 2 heterocycles. The highest BCUT2D eigenvalue weighted by molar-refractivity contribution is 5.99. The average Bonchev–Trinajstić information content (AvgIpc) is 3.42. The molecule has 8 heteroatoms. The Morgan fingerprint density at radius 2 is 2.11 bits per heavy atom. The predicted molar refractivity (Wildman–Crippen MR) is 99.2 cm³/mol. The molecule has 1 aliphatic carbocycles. The Kier molecular flexibility index (Phi) is 4.90. The van der Waals surface area contributed by atoms with Crippen LogP contribution in [0.15, 0.2) is 35.5 Å². The summed E-state index contributed by atoms with van der Waals surface area (Å²) in [5.41, 5.74) is 1.65. The minimum absolute atomic E-state index is 0.118. The van der Waals surface area contributed by atoms with Crippen LogP contribution < -0.4 is 0 Å². The molecule has 2 bridgehead atoms. The fraction of sp³-hybridized carbons (Fsp3) is 0.500. The first-order valence-corrected chi connectivity index (χ1v) is 9.54. The normalized spacial score (nSPS) is 29.9. The van der Waals surface area contributed by atoms with Crippen LogP contribution >= 0.6 is 0 Å². The number of piperidine rings is 1. The number of nitriles is 1. The van der Waals surface area contributed by atoms with Crippen LogP contribution in [0.1, 0.15) is 31.2 Å². The van der Waals surface area contributed by atoms with E-state index in [1.165, 1.54) is 4.90 Å². The number of likely N-dealkylation sites (tertiary alicyclic amines) is 2. The number of hydrogen-bond donors (Lipinski definition) is 1. The number of hydrogen-bond acceptors (Lipinski definition) is 5. The van der Waals surface area contributed by atoms with E-state index in [1.54, 1.807) is 4.90 Å². The van der Waals surface area contributed by atoms with E-state index in [0.717, 1.165) is 12.0 Å². The summed E-state index contributed by atoms with van der Waals surface area (Å²) in [7, 11) is 0. The van der Waals surface area contributed by atoms with Gasteiger partial charge in [-0.3, -0.25) is 9.69 Å². The van der Waals surface area contributed by atoms with Gasteiger partial charge in [-0.25, -0.2) is 4.79 Å². The largest absolute Gasteiger partial charge is 0.465 e. The van der Waals surface area contributed by atoms with Gasteiger partial charge in [0, 0.05) is 6.54 Å². The number of fused-ring (bicyclic) bond motifs is 2. The second-order valence-electron chi connectivity index (χ2n) is 7.51. The number of carbonyl (C=O) groups excluding carboxylic acids is 1. The van der Waals surface area contributed by atoms with Gasteiger partial charge in [0.1, 0.15) is 18.7 Å². The van der Waals surface area contributed by atoms with E-state index in [2.05, 4.69) is 11.2 Å². The number of carboxylic acid groups (broad SMARTS) is 1. The maximum absolute atomic E-state index is 13.0. The van der Waals surface area contributed by atoms with Crippen LogP contribution in [0.5, 0.6) is 0 Å². The third-order valence-corrected chi connectivity index (χ3v) is 5.88. The Hall–Kier alpha value is -3.08. The first kappa shape index (κ1) is 18.3. The van der Waals surface area contributed by atoms with Crippen molar-refractivity contribution in [3.8, 4) is 6.07 Å². The molecule has 3 aliphatic rings. The molecule has 4 atom stereocenters. The van der Waals surface area contributed by atoms with Crippen molar-refractivity contribution in [3.05, 3.63) is 35.9 Å². The Balaban J connectivity index is 1.47. The fourth-order valence-corrected chi connectivity index (χ4v) is 4.62. The van der Waals surface area contributed by atoms with E-state index in [-0.39, 0.29) is 11.8 Å². The Morgan fingerprint density at radius 3 is 2.82 bits per heavy atom. The standard InChI is InChI=1S/C20H22N4O4/c21-11-15-7-4-8-23(15)19(25)18-14-9-16(17(10-14)24(18)20(26)27)22-28-12-13-5-2-1-3-6-13/h1-3,5-6,14-15,17-18H,4,7-10,12H2,(H,26,27)/b22-16+/t14-,15+,17-,18+/m1/s1. The Morgan fingerprint density at radius 1 is 1.32 bits per heavy atom. The van der Waals surface area contributed by atoms with Gasteiger partial charge in [-0.15, -0.1) is 0 Å². The highest BCUT2D eigenvalue weighted by atomic mass is 16.6. The molecule has 2 aliphatic heterocycles. The second-order valence-corrected chi connectivity index (χ2v) is 7.51. The zero-order valence-corrected chi connectivity index (χ0v) is 15.4. The Bertz CT molecular complexity index is 834. The summed E-state index contributed by atoms with van der Waals surface area (Å²) >= 11 is 0. The molecule has 0 radical (unpaired) electrons. The van der Waals surface area contributed by atoms with Gasteiger partial charge in [0.2, 0.25) is 5.91 Å². The lowest BCUT2D eigenvalue weighted by Crippen LogP contribution is -2.56. The lowest BCUT2D eigenvalue weighted by Gasteiger charge is -2.35. The van der Waals surface area contributed by atoms with Crippen LogP contribution in [0.25, 0.3) is 0 Å². The second kappa shape index (κ2) is 7.50. The van der Waals surface area contributed by atoms with Crippen molar-refractivity contribution in [1.29, 1.82) is 5.26 Å². The predicted octanol–water partition coefficient (Wildman–Crippen LogP) is 2.21. The van der Waals surface area contributed by atoms with E-state index in [0.29, 0.717) is 38.1 Å². The summed E-state index contributed by atoms with van der Waals surface area (Å²) in [6.07, 6.45) is 1.41. The number of benzene rings is 1. The van der Waals surface area contributed by atoms with Gasteiger partial charge in [-0.1, -0.05) is 35.5 Å². The van der Waals surface area contributed by atoms with E-state index < -0.39 is 24.2 Å². The highest BCUT2D eigenvalue weighted by Gasteiger charge is 2.56. The molecular weight excluding hydrogens is 360 g/mol. The van der Waals surface area contributed by atoms with E-state index >= 15 is 0 Å². The number of carbonyl (C=O) groups is 2. The van der Waals surface area contributed by atoms with Crippen molar-refractivity contribution in [2.45, 2.75) is 50.4 Å². The number of nitrogens with zero attached hydrogens (tertiary/aromatic N) is 4. The summed E-state index contributed by atoms with van der Waals surface area (Å²) in [5, 5.41) is 23.2. The zero-order chi connectivity index (χ0) is 19.7.